The predicted molar refractivity (Wildman–Crippen MR) is 110 cm³/mol. The van der Waals surface area contributed by atoms with Crippen molar-refractivity contribution < 1.29 is 19.1 Å². The molecule has 1 saturated heterocycles. The molecule has 2 amide bonds. The molecule has 0 radical (unpaired) electrons. The summed E-state index contributed by atoms with van der Waals surface area (Å²) in [6.45, 7) is 4.15. The smallest absolute Gasteiger partial charge is 0.311 e. The summed E-state index contributed by atoms with van der Waals surface area (Å²) in [4.78, 5) is 38.2. The Morgan fingerprint density at radius 1 is 1.17 bits per heavy atom. The minimum Gasteiger partial charge on any atom is -0.455 e. The van der Waals surface area contributed by atoms with Gasteiger partial charge >= 0.3 is 5.97 Å². The van der Waals surface area contributed by atoms with E-state index in [1.165, 1.54) is 0 Å². The van der Waals surface area contributed by atoms with Gasteiger partial charge in [0.05, 0.1) is 5.92 Å². The zero-order valence-corrected chi connectivity index (χ0v) is 17.2. The fourth-order valence-corrected chi connectivity index (χ4v) is 3.38. The second kappa shape index (κ2) is 9.09. The number of rotatable bonds is 6. The Balaban J connectivity index is 1.49. The summed E-state index contributed by atoms with van der Waals surface area (Å²) >= 11 is 6.14. The molecule has 1 N–H and O–H groups in total. The number of nitrogens with one attached hydrogen (secondary N) is 1. The highest BCUT2D eigenvalue weighted by Crippen LogP contribution is 2.24. The molecule has 29 heavy (non-hydrogen) atoms. The van der Waals surface area contributed by atoms with Crippen LogP contribution in [0.25, 0.3) is 0 Å². The monoisotopic (exact) mass is 414 g/mol. The van der Waals surface area contributed by atoms with E-state index in [0.717, 1.165) is 16.7 Å². The van der Waals surface area contributed by atoms with E-state index in [1.807, 2.05) is 44.2 Å². The first-order chi connectivity index (χ1) is 13.8. The van der Waals surface area contributed by atoms with Crippen molar-refractivity contribution in [3.05, 3.63) is 64.2 Å². The topological polar surface area (TPSA) is 75.7 Å². The zero-order chi connectivity index (χ0) is 21.0. The average molecular weight is 415 g/mol. The Bertz CT molecular complexity index is 944. The molecule has 7 heteroatoms. The van der Waals surface area contributed by atoms with Gasteiger partial charge in [-0.3, -0.25) is 14.4 Å². The van der Waals surface area contributed by atoms with E-state index >= 15 is 0 Å². The summed E-state index contributed by atoms with van der Waals surface area (Å²) < 4.78 is 5.13. The highest BCUT2D eigenvalue weighted by Gasteiger charge is 2.35. The van der Waals surface area contributed by atoms with Gasteiger partial charge in [0.25, 0.3) is 5.91 Å². The SMILES string of the molecule is Cc1ccc(NC(=O)COC(=O)[C@@H]2CC(=O)N(Cc3ccccc3Cl)C2)cc1C. The van der Waals surface area contributed by atoms with Crippen molar-refractivity contribution in [2.24, 2.45) is 5.92 Å². The summed E-state index contributed by atoms with van der Waals surface area (Å²) in [5, 5.41) is 3.28. The van der Waals surface area contributed by atoms with E-state index in [9.17, 15) is 14.4 Å². The zero-order valence-electron chi connectivity index (χ0n) is 16.4. The summed E-state index contributed by atoms with van der Waals surface area (Å²) in [7, 11) is 0. The highest BCUT2D eigenvalue weighted by molar-refractivity contribution is 6.31. The number of aryl methyl sites for hydroxylation is 2. The largest absolute Gasteiger partial charge is 0.455 e. The molecule has 152 valence electrons. The van der Waals surface area contributed by atoms with E-state index in [2.05, 4.69) is 5.32 Å². The third kappa shape index (κ3) is 5.35. The molecule has 2 aromatic rings. The van der Waals surface area contributed by atoms with Gasteiger partial charge in [0.2, 0.25) is 5.91 Å². The third-order valence-electron chi connectivity index (χ3n) is 5.00. The van der Waals surface area contributed by atoms with E-state index in [-0.39, 0.29) is 25.5 Å². The number of nitrogens with zero attached hydrogens (tertiary/aromatic N) is 1. The van der Waals surface area contributed by atoms with E-state index in [1.54, 1.807) is 17.0 Å². The number of likely N-dealkylation sites (tertiary alicyclic amines) is 1. The molecule has 6 nitrogen and oxygen atoms in total. The van der Waals surface area contributed by atoms with Crippen LogP contribution in [0.5, 0.6) is 0 Å². The molecule has 2 aromatic carbocycles. The Hall–Kier alpha value is -2.86. The minimum absolute atomic E-state index is 0.0715. The predicted octanol–water partition coefficient (Wildman–Crippen LogP) is 3.49. The van der Waals surface area contributed by atoms with Crippen LogP contribution in [0.15, 0.2) is 42.5 Å². The Morgan fingerprint density at radius 3 is 2.66 bits per heavy atom. The Labute approximate surface area is 174 Å². The van der Waals surface area contributed by atoms with Crippen LogP contribution in [-0.4, -0.2) is 35.8 Å². The van der Waals surface area contributed by atoms with Gasteiger partial charge in [0.15, 0.2) is 6.61 Å². The van der Waals surface area contributed by atoms with Crippen LogP contribution >= 0.6 is 11.6 Å². The maximum Gasteiger partial charge on any atom is 0.311 e. The van der Waals surface area contributed by atoms with Crippen molar-refractivity contribution in [2.45, 2.75) is 26.8 Å². The fourth-order valence-electron chi connectivity index (χ4n) is 3.19. The molecule has 0 spiro atoms. The molecule has 0 aromatic heterocycles. The number of hydrogen-bond donors (Lipinski definition) is 1. The van der Waals surface area contributed by atoms with Crippen molar-refractivity contribution in [3.8, 4) is 0 Å². The number of anilines is 1. The number of hydrogen-bond acceptors (Lipinski definition) is 4. The van der Waals surface area contributed by atoms with Crippen LogP contribution in [-0.2, 0) is 25.7 Å². The molecule has 3 rings (SSSR count). The standard InChI is InChI=1S/C22H23ClN2O4/c1-14-7-8-18(9-15(14)2)24-20(26)13-29-22(28)17-10-21(27)25(12-17)11-16-5-3-4-6-19(16)23/h3-9,17H,10-13H2,1-2H3,(H,24,26)/t17-/m1/s1. The number of carbonyl (C=O) groups is 3. The quantitative estimate of drug-likeness (QED) is 0.734. The lowest BCUT2D eigenvalue weighted by molar-refractivity contribution is -0.151. The lowest BCUT2D eigenvalue weighted by atomic mass is 10.1. The molecule has 0 unspecified atom stereocenters. The van der Waals surface area contributed by atoms with Crippen LogP contribution in [0, 0.1) is 19.8 Å². The summed E-state index contributed by atoms with van der Waals surface area (Å²) in [5.41, 5.74) is 3.66. The van der Waals surface area contributed by atoms with Gasteiger partial charge in [-0.05, 0) is 48.7 Å². The van der Waals surface area contributed by atoms with Gasteiger partial charge in [-0.1, -0.05) is 35.9 Å². The molecular weight excluding hydrogens is 392 g/mol. The van der Waals surface area contributed by atoms with Crippen molar-refractivity contribution in [3.63, 3.8) is 0 Å². The first-order valence-corrected chi connectivity index (χ1v) is 9.76. The van der Waals surface area contributed by atoms with E-state index in [0.29, 0.717) is 17.3 Å². The van der Waals surface area contributed by atoms with Crippen molar-refractivity contribution in [1.29, 1.82) is 0 Å². The van der Waals surface area contributed by atoms with Crippen molar-refractivity contribution >= 4 is 35.1 Å². The van der Waals surface area contributed by atoms with Gasteiger partial charge in [0, 0.05) is 30.2 Å². The Morgan fingerprint density at radius 2 is 1.93 bits per heavy atom. The van der Waals surface area contributed by atoms with Gasteiger partial charge in [0.1, 0.15) is 0 Å². The number of benzene rings is 2. The van der Waals surface area contributed by atoms with Crippen molar-refractivity contribution in [2.75, 3.05) is 18.5 Å². The number of amides is 2. The molecule has 1 atom stereocenters. The first kappa shape index (κ1) is 20.9. The first-order valence-electron chi connectivity index (χ1n) is 9.38. The highest BCUT2D eigenvalue weighted by atomic mass is 35.5. The van der Waals surface area contributed by atoms with Gasteiger partial charge in [-0.2, -0.15) is 0 Å². The number of halogens is 1. The second-order valence-electron chi connectivity index (χ2n) is 7.22. The summed E-state index contributed by atoms with van der Waals surface area (Å²) in [6, 6.07) is 12.8. The molecule has 0 aliphatic carbocycles. The molecule has 1 aliphatic heterocycles. The number of carbonyl (C=O) groups excluding carboxylic acids is 3. The molecule has 0 bridgehead atoms. The van der Waals surface area contributed by atoms with Gasteiger partial charge < -0.3 is 15.0 Å². The van der Waals surface area contributed by atoms with E-state index in [4.69, 9.17) is 16.3 Å². The molecule has 0 saturated carbocycles. The van der Waals surface area contributed by atoms with Crippen LogP contribution in [0.4, 0.5) is 5.69 Å². The van der Waals surface area contributed by atoms with Crippen LogP contribution in [0.1, 0.15) is 23.1 Å². The lowest BCUT2D eigenvalue weighted by Gasteiger charge is -2.17. The molecular formula is C22H23ClN2O4. The maximum absolute atomic E-state index is 12.3. The number of esters is 1. The van der Waals surface area contributed by atoms with Crippen LogP contribution in [0.3, 0.4) is 0 Å². The molecule has 1 aliphatic rings. The second-order valence-corrected chi connectivity index (χ2v) is 7.63. The minimum atomic E-state index is -0.584. The van der Waals surface area contributed by atoms with Crippen molar-refractivity contribution in [1.82, 2.24) is 4.90 Å². The lowest BCUT2D eigenvalue weighted by Crippen LogP contribution is -2.28. The normalized spacial score (nSPS) is 16.0. The maximum atomic E-state index is 12.3. The molecule has 1 fully saturated rings. The van der Waals surface area contributed by atoms with Gasteiger partial charge in [-0.25, -0.2) is 0 Å². The Kier molecular flexibility index (Phi) is 6.54. The average Bonchev–Trinajstić information content (AvgIpc) is 3.05. The summed E-state index contributed by atoms with van der Waals surface area (Å²) in [5.74, 6) is -1.68. The van der Waals surface area contributed by atoms with Gasteiger partial charge in [-0.15, -0.1) is 0 Å². The van der Waals surface area contributed by atoms with E-state index < -0.39 is 17.8 Å². The van der Waals surface area contributed by atoms with Crippen LogP contribution < -0.4 is 5.32 Å². The fraction of sp³-hybridized carbons (Fsp3) is 0.318. The third-order valence-corrected chi connectivity index (χ3v) is 5.37. The summed E-state index contributed by atoms with van der Waals surface area (Å²) in [6.07, 6.45) is 0.0715. The molecule has 1 heterocycles. The van der Waals surface area contributed by atoms with Crippen LogP contribution in [0.2, 0.25) is 5.02 Å². The number of ether oxygens (including phenoxy) is 1.